The van der Waals surface area contributed by atoms with E-state index >= 15 is 0 Å². The van der Waals surface area contributed by atoms with Crippen LogP contribution in [0.5, 0.6) is 0 Å². The van der Waals surface area contributed by atoms with Gasteiger partial charge >= 0.3 is 0 Å². The van der Waals surface area contributed by atoms with Gasteiger partial charge in [-0.25, -0.2) is 0 Å². The first-order valence-corrected chi connectivity index (χ1v) is 1.62. The van der Waals surface area contributed by atoms with Crippen LogP contribution >= 0.6 is 0 Å². The molecule has 0 rings (SSSR count). The fourth-order valence-electron chi connectivity index (χ4n) is 0. The van der Waals surface area contributed by atoms with Crippen LogP contribution in [0.3, 0.4) is 0 Å². The van der Waals surface area contributed by atoms with Crippen LogP contribution in [-0.4, -0.2) is 18.4 Å². The van der Waals surface area contributed by atoms with Crippen molar-refractivity contribution in [3.63, 3.8) is 0 Å². The molecule has 2 nitrogen and oxygen atoms in total. The van der Waals surface area contributed by atoms with Crippen LogP contribution in [0.1, 0.15) is 6.92 Å². The lowest BCUT2D eigenvalue weighted by molar-refractivity contribution is 0.167. The van der Waals surface area contributed by atoms with Crippen molar-refractivity contribution in [2.45, 2.75) is 13.2 Å². The lowest BCUT2D eigenvalue weighted by atomic mass is 10.7. The number of aliphatic hydroxyl groups is 1. The standard InChI is InChI=1S/C3H9NO/c1-3(5)4-2/h3-5H,1-2H3/t3-/m0/s1. The van der Waals surface area contributed by atoms with Crippen molar-refractivity contribution in [3.8, 4) is 0 Å². The van der Waals surface area contributed by atoms with Crippen molar-refractivity contribution in [1.29, 1.82) is 0 Å². The van der Waals surface area contributed by atoms with E-state index in [1.165, 1.54) is 0 Å². The minimum atomic E-state index is -0.366. The first kappa shape index (κ1) is 4.92. The molecule has 0 bridgehead atoms. The predicted molar refractivity (Wildman–Crippen MR) is 20.7 cm³/mol. The van der Waals surface area contributed by atoms with E-state index in [1.807, 2.05) is 0 Å². The molecule has 0 fully saturated rings. The molecule has 1 atom stereocenters. The van der Waals surface area contributed by atoms with Crippen molar-refractivity contribution < 1.29 is 5.11 Å². The van der Waals surface area contributed by atoms with Crippen LogP contribution in [0.25, 0.3) is 0 Å². The van der Waals surface area contributed by atoms with Crippen molar-refractivity contribution in [2.24, 2.45) is 0 Å². The van der Waals surface area contributed by atoms with E-state index < -0.39 is 0 Å². The Morgan fingerprint density at radius 1 is 1.80 bits per heavy atom. The minimum Gasteiger partial charge on any atom is -0.379 e. The molecule has 0 saturated carbocycles. The third-order valence-corrected chi connectivity index (χ3v) is 0.418. The maximum atomic E-state index is 8.25. The van der Waals surface area contributed by atoms with Gasteiger partial charge in [0.15, 0.2) is 0 Å². The van der Waals surface area contributed by atoms with E-state index in [-0.39, 0.29) is 6.23 Å². The summed E-state index contributed by atoms with van der Waals surface area (Å²) in [6.45, 7) is 1.67. The van der Waals surface area contributed by atoms with E-state index in [2.05, 4.69) is 5.32 Å². The molecule has 0 saturated heterocycles. The zero-order valence-corrected chi connectivity index (χ0v) is 3.52. The maximum Gasteiger partial charge on any atom is 0.101 e. The Bertz CT molecular complexity index is 20.9. The molecule has 2 N–H and O–H groups in total. The molecular formula is C3H9NO. The molecule has 32 valence electrons. The zero-order chi connectivity index (χ0) is 4.28. The molecule has 0 aliphatic heterocycles. The predicted octanol–water partition coefficient (Wildman–Crippen LogP) is -0.456. The smallest absolute Gasteiger partial charge is 0.101 e. The molecule has 0 radical (unpaired) electrons. The van der Waals surface area contributed by atoms with Crippen molar-refractivity contribution in [1.82, 2.24) is 5.32 Å². The van der Waals surface area contributed by atoms with Gasteiger partial charge in [-0.1, -0.05) is 0 Å². The summed E-state index contributed by atoms with van der Waals surface area (Å²) in [7, 11) is 1.70. The van der Waals surface area contributed by atoms with Crippen molar-refractivity contribution in [2.75, 3.05) is 7.05 Å². The van der Waals surface area contributed by atoms with E-state index in [0.717, 1.165) is 0 Å². The lowest BCUT2D eigenvalue weighted by Gasteiger charge is -1.94. The normalized spacial score (nSPS) is 15.0. The highest BCUT2D eigenvalue weighted by Gasteiger charge is 1.78. The van der Waals surface area contributed by atoms with E-state index in [9.17, 15) is 0 Å². The molecule has 0 heterocycles. The molecule has 0 aliphatic carbocycles. The Kier molecular flexibility index (Phi) is 2.14. The third-order valence-electron chi connectivity index (χ3n) is 0.418. The van der Waals surface area contributed by atoms with Crippen LogP contribution in [0, 0.1) is 0 Å². The monoisotopic (exact) mass is 75.1 g/mol. The first-order chi connectivity index (χ1) is 2.27. The highest BCUT2D eigenvalue weighted by Crippen LogP contribution is 1.59. The Morgan fingerprint density at radius 3 is 2.00 bits per heavy atom. The molecule has 0 unspecified atom stereocenters. The fraction of sp³-hybridized carbons (Fsp3) is 1.00. The lowest BCUT2D eigenvalue weighted by Crippen LogP contribution is -2.19. The minimum absolute atomic E-state index is 0.366. The summed E-state index contributed by atoms with van der Waals surface area (Å²) >= 11 is 0. The summed E-state index contributed by atoms with van der Waals surface area (Å²) in [4.78, 5) is 0. The molecule has 0 amide bonds. The van der Waals surface area contributed by atoms with Crippen LogP contribution in [0.15, 0.2) is 0 Å². The zero-order valence-electron chi connectivity index (χ0n) is 3.52. The number of nitrogens with one attached hydrogen (secondary N) is 1. The van der Waals surface area contributed by atoms with Crippen LogP contribution in [0.4, 0.5) is 0 Å². The van der Waals surface area contributed by atoms with Gasteiger partial charge < -0.3 is 5.11 Å². The highest BCUT2D eigenvalue weighted by molar-refractivity contribution is 4.28. The summed E-state index contributed by atoms with van der Waals surface area (Å²) in [6.07, 6.45) is -0.366. The topological polar surface area (TPSA) is 32.3 Å². The Labute approximate surface area is 31.8 Å². The summed E-state index contributed by atoms with van der Waals surface area (Å²) in [5.74, 6) is 0. The van der Waals surface area contributed by atoms with Gasteiger partial charge in [-0.2, -0.15) is 0 Å². The SMILES string of the molecule is CN[C@H](C)O. The Hall–Kier alpha value is -0.0800. The van der Waals surface area contributed by atoms with Gasteiger partial charge in [-0.05, 0) is 14.0 Å². The van der Waals surface area contributed by atoms with Crippen molar-refractivity contribution in [3.05, 3.63) is 0 Å². The first-order valence-electron chi connectivity index (χ1n) is 1.62. The number of hydrogen-bond acceptors (Lipinski definition) is 2. The average Bonchev–Trinajstić information content (AvgIpc) is 1.38. The number of aliphatic hydroxyl groups excluding tert-OH is 1. The molecule has 5 heavy (non-hydrogen) atoms. The molecular weight excluding hydrogens is 66.0 g/mol. The second-order valence-corrected chi connectivity index (χ2v) is 0.965. The van der Waals surface area contributed by atoms with Crippen LogP contribution < -0.4 is 5.32 Å². The maximum absolute atomic E-state index is 8.25. The summed E-state index contributed by atoms with van der Waals surface area (Å²) < 4.78 is 0. The summed E-state index contributed by atoms with van der Waals surface area (Å²) in [5.41, 5.74) is 0. The number of hydrogen-bond donors (Lipinski definition) is 2. The Balaban J connectivity index is 2.54. The van der Waals surface area contributed by atoms with Crippen LogP contribution in [-0.2, 0) is 0 Å². The third kappa shape index (κ3) is 3.92. The summed E-state index contributed by atoms with van der Waals surface area (Å²) in [5, 5.41) is 10.8. The fourth-order valence-corrected chi connectivity index (χ4v) is 0. The van der Waals surface area contributed by atoms with Gasteiger partial charge in [0, 0.05) is 0 Å². The molecule has 2 heteroatoms. The van der Waals surface area contributed by atoms with E-state index in [1.54, 1.807) is 14.0 Å². The van der Waals surface area contributed by atoms with Gasteiger partial charge in [-0.3, -0.25) is 5.32 Å². The molecule has 0 aromatic heterocycles. The summed E-state index contributed by atoms with van der Waals surface area (Å²) in [6, 6.07) is 0. The molecule has 0 spiro atoms. The van der Waals surface area contributed by atoms with Gasteiger partial charge in [0.1, 0.15) is 6.23 Å². The van der Waals surface area contributed by atoms with E-state index in [0.29, 0.717) is 0 Å². The second kappa shape index (κ2) is 2.18. The largest absolute Gasteiger partial charge is 0.379 e. The quantitative estimate of drug-likeness (QED) is 0.413. The highest BCUT2D eigenvalue weighted by atomic mass is 16.3. The second-order valence-electron chi connectivity index (χ2n) is 0.965. The molecule has 0 aromatic carbocycles. The van der Waals surface area contributed by atoms with Crippen LogP contribution in [0.2, 0.25) is 0 Å². The van der Waals surface area contributed by atoms with Gasteiger partial charge in [0.25, 0.3) is 0 Å². The van der Waals surface area contributed by atoms with Gasteiger partial charge in [0.2, 0.25) is 0 Å². The molecule has 0 aromatic rings. The van der Waals surface area contributed by atoms with Crippen molar-refractivity contribution >= 4 is 0 Å². The number of rotatable bonds is 1. The Morgan fingerprint density at radius 2 is 2.00 bits per heavy atom. The van der Waals surface area contributed by atoms with Gasteiger partial charge in [0.05, 0.1) is 0 Å². The van der Waals surface area contributed by atoms with Gasteiger partial charge in [-0.15, -0.1) is 0 Å². The average molecular weight is 75.1 g/mol. The molecule has 0 aliphatic rings. The van der Waals surface area contributed by atoms with E-state index in [4.69, 9.17) is 5.11 Å².